The molecule has 2 aromatic rings. The van der Waals surface area contributed by atoms with Crippen molar-refractivity contribution in [2.24, 2.45) is 0 Å². The fourth-order valence-corrected chi connectivity index (χ4v) is 1.54. The quantitative estimate of drug-likeness (QED) is 0.674. The molecule has 0 N–H and O–H groups in total. The lowest BCUT2D eigenvalue weighted by Crippen LogP contribution is -1.85. The summed E-state index contributed by atoms with van der Waals surface area (Å²) in [7, 11) is 0. The van der Waals surface area contributed by atoms with Gasteiger partial charge in [-0.2, -0.15) is 0 Å². The fraction of sp³-hybridized carbons (Fsp3) is 0.176. The first-order chi connectivity index (χ1) is 8.78. The number of hydrogen-bond donors (Lipinski definition) is 0. The van der Waals surface area contributed by atoms with Crippen molar-refractivity contribution >= 4 is 0 Å². The summed E-state index contributed by atoms with van der Waals surface area (Å²) < 4.78 is 5.73. The lowest BCUT2D eigenvalue weighted by Gasteiger charge is -2.06. The Morgan fingerprint density at radius 1 is 0.833 bits per heavy atom. The highest BCUT2D eigenvalue weighted by Crippen LogP contribution is 2.21. The molecule has 0 bridgehead atoms. The van der Waals surface area contributed by atoms with Crippen molar-refractivity contribution < 1.29 is 4.74 Å². The van der Waals surface area contributed by atoms with Crippen LogP contribution in [0, 0.1) is 6.92 Å². The maximum absolute atomic E-state index is 5.73. The third kappa shape index (κ3) is 4.10. The predicted molar refractivity (Wildman–Crippen MR) is 78.3 cm³/mol. The van der Waals surface area contributed by atoms with Crippen LogP contribution in [0.4, 0.5) is 0 Å². The van der Waals surface area contributed by atoms with Gasteiger partial charge >= 0.3 is 0 Å². The van der Waals surface area contributed by atoms with Gasteiger partial charge in [-0.15, -0.1) is 13.2 Å². The largest absolute Gasteiger partial charge is 0.457 e. The average molecular weight is 240 g/mol. The van der Waals surface area contributed by atoms with Crippen LogP contribution in [0.15, 0.2) is 61.7 Å². The Morgan fingerprint density at radius 3 is 1.72 bits per heavy atom. The number of aryl methyl sites for hydroxylation is 2. The SMILES string of the molecule is C=C.CCc1ccc(Oc2ccc(C)cc2)cc1. The fourth-order valence-electron chi connectivity index (χ4n) is 1.54. The Morgan fingerprint density at radius 2 is 1.28 bits per heavy atom. The van der Waals surface area contributed by atoms with Crippen molar-refractivity contribution in [3.05, 3.63) is 72.8 Å². The van der Waals surface area contributed by atoms with E-state index in [4.69, 9.17) is 4.74 Å². The number of rotatable bonds is 3. The van der Waals surface area contributed by atoms with E-state index in [1.54, 1.807) is 0 Å². The first-order valence-electron chi connectivity index (χ1n) is 6.11. The van der Waals surface area contributed by atoms with Crippen LogP contribution in [0.2, 0.25) is 0 Å². The highest BCUT2D eigenvalue weighted by atomic mass is 16.5. The van der Waals surface area contributed by atoms with Crippen LogP contribution < -0.4 is 4.74 Å². The van der Waals surface area contributed by atoms with Gasteiger partial charge in [0.1, 0.15) is 11.5 Å². The van der Waals surface area contributed by atoms with Gasteiger partial charge < -0.3 is 4.74 Å². The molecule has 0 aliphatic rings. The van der Waals surface area contributed by atoms with Gasteiger partial charge in [-0.3, -0.25) is 0 Å². The molecule has 0 amide bonds. The minimum absolute atomic E-state index is 0.884. The van der Waals surface area contributed by atoms with E-state index in [0.717, 1.165) is 17.9 Å². The standard InChI is InChI=1S/C15H16O.C2H4/c1-3-13-6-10-15(11-7-13)16-14-8-4-12(2)5-9-14;1-2/h4-11H,3H2,1-2H3;1-2H2. The van der Waals surface area contributed by atoms with Crippen LogP contribution in [0.25, 0.3) is 0 Å². The lowest BCUT2D eigenvalue weighted by atomic mass is 10.2. The number of ether oxygens (including phenoxy) is 1. The molecule has 0 fully saturated rings. The van der Waals surface area contributed by atoms with E-state index in [1.807, 2.05) is 24.3 Å². The molecule has 0 aliphatic carbocycles. The summed E-state index contributed by atoms with van der Waals surface area (Å²) >= 11 is 0. The van der Waals surface area contributed by atoms with Gasteiger partial charge in [0.15, 0.2) is 0 Å². The summed E-state index contributed by atoms with van der Waals surface area (Å²) in [5.74, 6) is 1.77. The highest BCUT2D eigenvalue weighted by Gasteiger charge is 1.96. The maximum Gasteiger partial charge on any atom is 0.127 e. The molecular formula is C17H20O. The van der Waals surface area contributed by atoms with Gasteiger partial charge in [0.25, 0.3) is 0 Å². The average Bonchev–Trinajstić information content (AvgIpc) is 2.44. The molecular weight excluding hydrogens is 220 g/mol. The van der Waals surface area contributed by atoms with Crippen LogP contribution in [0.1, 0.15) is 18.1 Å². The van der Waals surface area contributed by atoms with Crippen molar-refractivity contribution in [3.63, 3.8) is 0 Å². The van der Waals surface area contributed by atoms with Crippen molar-refractivity contribution in [3.8, 4) is 11.5 Å². The zero-order valence-electron chi connectivity index (χ0n) is 11.1. The van der Waals surface area contributed by atoms with E-state index >= 15 is 0 Å². The van der Waals surface area contributed by atoms with Crippen LogP contribution in [0.3, 0.4) is 0 Å². The molecule has 0 saturated heterocycles. The minimum atomic E-state index is 0.884. The monoisotopic (exact) mass is 240 g/mol. The lowest BCUT2D eigenvalue weighted by molar-refractivity contribution is 0.482. The molecule has 0 unspecified atom stereocenters. The van der Waals surface area contributed by atoms with Gasteiger partial charge in [-0.1, -0.05) is 36.8 Å². The first kappa shape index (κ1) is 14.0. The molecule has 2 aromatic carbocycles. The first-order valence-corrected chi connectivity index (χ1v) is 6.11. The van der Waals surface area contributed by atoms with Gasteiger partial charge in [0.05, 0.1) is 0 Å². The van der Waals surface area contributed by atoms with Crippen molar-refractivity contribution in [2.45, 2.75) is 20.3 Å². The van der Waals surface area contributed by atoms with E-state index in [2.05, 4.69) is 51.3 Å². The van der Waals surface area contributed by atoms with Crippen molar-refractivity contribution in [1.82, 2.24) is 0 Å². The zero-order valence-corrected chi connectivity index (χ0v) is 11.1. The molecule has 0 saturated carbocycles. The second-order valence-electron chi connectivity index (χ2n) is 3.91. The maximum atomic E-state index is 5.73. The minimum Gasteiger partial charge on any atom is -0.457 e. The number of benzene rings is 2. The van der Waals surface area contributed by atoms with E-state index in [-0.39, 0.29) is 0 Å². The molecule has 0 aromatic heterocycles. The molecule has 0 spiro atoms. The molecule has 0 radical (unpaired) electrons. The molecule has 1 heteroatoms. The van der Waals surface area contributed by atoms with Gasteiger partial charge in [0.2, 0.25) is 0 Å². The zero-order chi connectivity index (χ0) is 13.4. The Hall–Kier alpha value is -2.02. The normalized spacial score (nSPS) is 9.22. The van der Waals surface area contributed by atoms with E-state index in [9.17, 15) is 0 Å². The van der Waals surface area contributed by atoms with Crippen LogP contribution in [0.5, 0.6) is 11.5 Å². The molecule has 1 nitrogen and oxygen atoms in total. The third-order valence-corrected chi connectivity index (χ3v) is 2.59. The summed E-state index contributed by atoms with van der Waals surface area (Å²) in [5, 5.41) is 0. The van der Waals surface area contributed by atoms with Crippen LogP contribution in [-0.2, 0) is 6.42 Å². The predicted octanol–water partition coefficient (Wildman–Crippen LogP) is 5.15. The Kier molecular flexibility index (Phi) is 5.72. The summed E-state index contributed by atoms with van der Waals surface area (Å²) in [4.78, 5) is 0. The van der Waals surface area contributed by atoms with Gasteiger partial charge in [-0.25, -0.2) is 0 Å². The van der Waals surface area contributed by atoms with Crippen molar-refractivity contribution in [2.75, 3.05) is 0 Å². The molecule has 18 heavy (non-hydrogen) atoms. The smallest absolute Gasteiger partial charge is 0.127 e. The van der Waals surface area contributed by atoms with E-state index in [0.29, 0.717) is 0 Å². The third-order valence-electron chi connectivity index (χ3n) is 2.59. The Bertz CT molecular complexity index is 454. The topological polar surface area (TPSA) is 9.23 Å². The van der Waals surface area contributed by atoms with Crippen molar-refractivity contribution in [1.29, 1.82) is 0 Å². The summed E-state index contributed by atoms with van der Waals surface area (Å²) in [6, 6.07) is 16.3. The molecule has 0 heterocycles. The molecule has 0 aliphatic heterocycles. The Labute approximate surface area is 110 Å². The summed E-state index contributed by atoms with van der Waals surface area (Å²) in [6.07, 6.45) is 1.06. The van der Waals surface area contributed by atoms with Crippen LogP contribution >= 0.6 is 0 Å². The van der Waals surface area contributed by atoms with Crippen LogP contribution in [-0.4, -0.2) is 0 Å². The van der Waals surface area contributed by atoms with Gasteiger partial charge in [0, 0.05) is 0 Å². The van der Waals surface area contributed by atoms with E-state index < -0.39 is 0 Å². The molecule has 0 atom stereocenters. The molecule has 2 rings (SSSR count). The highest BCUT2D eigenvalue weighted by molar-refractivity contribution is 5.34. The Balaban J connectivity index is 0.000000771. The number of hydrogen-bond acceptors (Lipinski definition) is 1. The summed E-state index contributed by atoms with van der Waals surface area (Å²) in [5.41, 5.74) is 2.57. The second-order valence-corrected chi connectivity index (χ2v) is 3.91. The molecule has 94 valence electrons. The van der Waals surface area contributed by atoms with E-state index in [1.165, 1.54) is 11.1 Å². The van der Waals surface area contributed by atoms with Gasteiger partial charge in [-0.05, 0) is 43.2 Å². The summed E-state index contributed by atoms with van der Waals surface area (Å²) in [6.45, 7) is 10.2. The second kappa shape index (κ2) is 7.33.